The molecule has 0 unspecified atom stereocenters. The number of rotatable bonds is 10. The molecule has 208 valence electrons. The second kappa shape index (κ2) is 14.7. The summed E-state index contributed by atoms with van der Waals surface area (Å²) in [5.41, 5.74) is 1.15. The molecular formula is C24H28Cl2F6N2O3. The number of carbonyl (C=O) groups excluding carboxylic acids is 1. The van der Waals surface area contributed by atoms with Crippen LogP contribution in [0.25, 0.3) is 0 Å². The monoisotopic (exact) mass is 576 g/mol. The molecule has 1 fully saturated rings. The number of ketones is 1. The van der Waals surface area contributed by atoms with Gasteiger partial charge in [0.2, 0.25) is 0 Å². The maximum atomic E-state index is 12.7. The van der Waals surface area contributed by atoms with E-state index < -0.39 is 31.3 Å². The zero-order valence-electron chi connectivity index (χ0n) is 19.7. The molecule has 0 radical (unpaired) electrons. The van der Waals surface area contributed by atoms with E-state index in [1.54, 1.807) is 0 Å². The van der Waals surface area contributed by atoms with Crippen molar-refractivity contribution in [2.75, 3.05) is 45.9 Å². The fourth-order valence-corrected chi connectivity index (χ4v) is 3.65. The standard InChI is InChI=1S/C24H26F6N2O3.2ClH/c25-23(26,27)16-34-20-12-19(13-21(14-20)35-17-24(28,29)30)22(33)6-7-31-8-10-32(11-9-31)15-18-4-2-1-3-5-18;;/h1-5,12-14H,6-11,15-17H2;2*1H. The minimum absolute atomic E-state index is 0. The fraction of sp³-hybridized carbons (Fsp3) is 0.458. The van der Waals surface area contributed by atoms with E-state index in [1.807, 2.05) is 18.2 Å². The molecule has 0 amide bonds. The first-order chi connectivity index (χ1) is 16.5. The molecule has 1 aliphatic rings. The second-order valence-electron chi connectivity index (χ2n) is 8.28. The molecule has 37 heavy (non-hydrogen) atoms. The van der Waals surface area contributed by atoms with Gasteiger partial charge < -0.3 is 14.4 Å². The summed E-state index contributed by atoms with van der Waals surface area (Å²) < 4.78 is 84.3. The number of Topliss-reactive ketones (excluding diaryl/α,β-unsaturated/α-hetero) is 1. The molecule has 0 N–H and O–H groups in total. The topological polar surface area (TPSA) is 42.0 Å². The van der Waals surface area contributed by atoms with Crippen LogP contribution >= 0.6 is 24.8 Å². The lowest BCUT2D eigenvalue weighted by atomic mass is 10.1. The summed E-state index contributed by atoms with van der Waals surface area (Å²) in [7, 11) is 0. The van der Waals surface area contributed by atoms with Crippen LogP contribution in [0.2, 0.25) is 0 Å². The fourth-order valence-electron chi connectivity index (χ4n) is 3.65. The van der Waals surface area contributed by atoms with Crippen LogP contribution in [0, 0.1) is 0 Å². The van der Waals surface area contributed by atoms with Crippen LogP contribution < -0.4 is 9.47 Å². The van der Waals surface area contributed by atoms with Gasteiger partial charge in [-0.2, -0.15) is 26.3 Å². The SMILES string of the molecule is Cl.Cl.O=C(CCN1CCN(Cc2ccccc2)CC1)c1cc(OCC(F)(F)F)cc(OCC(F)(F)F)c1. The Hall–Kier alpha value is -2.21. The molecule has 1 saturated heterocycles. The zero-order chi connectivity index (χ0) is 25.5. The van der Waals surface area contributed by atoms with E-state index in [0.29, 0.717) is 6.54 Å². The van der Waals surface area contributed by atoms with Crippen molar-refractivity contribution in [3.8, 4) is 11.5 Å². The van der Waals surface area contributed by atoms with Crippen molar-refractivity contribution in [1.29, 1.82) is 0 Å². The van der Waals surface area contributed by atoms with Crippen LogP contribution in [0.1, 0.15) is 22.3 Å². The third kappa shape index (κ3) is 12.3. The number of hydrogen-bond donors (Lipinski definition) is 0. The molecule has 0 bridgehead atoms. The van der Waals surface area contributed by atoms with E-state index in [-0.39, 0.29) is 48.3 Å². The highest BCUT2D eigenvalue weighted by atomic mass is 35.5. The van der Waals surface area contributed by atoms with Crippen LogP contribution in [-0.2, 0) is 6.54 Å². The van der Waals surface area contributed by atoms with Crippen molar-refractivity contribution in [2.45, 2.75) is 25.3 Å². The average Bonchev–Trinajstić information content (AvgIpc) is 2.80. The number of ether oxygens (including phenoxy) is 2. The highest BCUT2D eigenvalue weighted by Gasteiger charge is 2.30. The molecule has 0 spiro atoms. The van der Waals surface area contributed by atoms with Gasteiger partial charge in [-0.25, -0.2) is 0 Å². The first-order valence-electron chi connectivity index (χ1n) is 11.0. The Balaban J connectivity index is 0.00000342. The number of alkyl halides is 6. The van der Waals surface area contributed by atoms with Crippen LogP contribution in [0.5, 0.6) is 11.5 Å². The second-order valence-corrected chi connectivity index (χ2v) is 8.28. The number of benzene rings is 2. The van der Waals surface area contributed by atoms with E-state index >= 15 is 0 Å². The van der Waals surface area contributed by atoms with E-state index in [2.05, 4.69) is 31.4 Å². The van der Waals surface area contributed by atoms with Gasteiger partial charge in [0, 0.05) is 57.3 Å². The molecular weight excluding hydrogens is 549 g/mol. The Morgan fingerprint density at radius 3 is 1.73 bits per heavy atom. The number of hydrogen-bond acceptors (Lipinski definition) is 5. The average molecular weight is 577 g/mol. The first kappa shape index (κ1) is 32.8. The van der Waals surface area contributed by atoms with Crippen molar-refractivity contribution >= 4 is 30.6 Å². The predicted octanol–water partition coefficient (Wildman–Crippen LogP) is 5.80. The Labute approximate surface area is 223 Å². The smallest absolute Gasteiger partial charge is 0.422 e. The van der Waals surface area contributed by atoms with Crippen LogP contribution in [0.3, 0.4) is 0 Å². The van der Waals surface area contributed by atoms with Crippen molar-refractivity contribution in [3.63, 3.8) is 0 Å². The number of halogens is 8. The molecule has 0 atom stereocenters. The molecule has 1 heterocycles. The van der Waals surface area contributed by atoms with E-state index in [1.165, 1.54) is 5.56 Å². The first-order valence-corrected chi connectivity index (χ1v) is 11.0. The van der Waals surface area contributed by atoms with Gasteiger partial charge in [-0.3, -0.25) is 9.69 Å². The van der Waals surface area contributed by atoms with Gasteiger partial charge >= 0.3 is 12.4 Å². The van der Waals surface area contributed by atoms with Gasteiger partial charge in [-0.1, -0.05) is 30.3 Å². The predicted molar refractivity (Wildman–Crippen MR) is 131 cm³/mol. The lowest BCUT2D eigenvalue weighted by Crippen LogP contribution is -2.46. The van der Waals surface area contributed by atoms with Gasteiger partial charge in [0.25, 0.3) is 0 Å². The van der Waals surface area contributed by atoms with Crippen LogP contribution in [0.4, 0.5) is 26.3 Å². The zero-order valence-corrected chi connectivity index (χ0v) is 21.3. The summed E-state index contributed by atoms with van der Waals surface area (Å²) in [4.78, 5) is 17.1. The Morgan fingerprint density at radius 1 is 0.757 bits per heavy atom. The quantitative estimate of drug-likeness (QED) is 0.264. The van der Waals surface area contributed by atoms with Crippen molar-refractivity contribution < 1.29 is 40.6 Å². The normalized spacial score (nSPS) is 14.9. The van der Waals surface area contributed by atoms with E-state index in [4.69, 9.17) is 0 Å². The minimum Gasteiger partial charge on any atom is -0.484 e. The van der Waals surface area contributed by atoms with Gasteiger partial charge in [-0.05, 0) is 17.7 Å². The van der Waals surface area contributed by atoms with Crippen molar-refractivity contribution in [3.05, 3.63) is 59.7 Å². The van der Waals surface area contributed by atoms with Gasteiger partial charge in [0.1, 0.15) is 11.5 Å². The van der Waals surface area contributed by atoms with Gasteiger partial charge in [0.05, 0.1) is 0 Å². The molecule has 0 aliphatic carbocycles. The third-order valence-electron chi connectivity index (χ3n) is 5.38. The Kier molecular flexibility index (Phi) is 13.0. The molecule has 1 aliphatic heterocycles. The molecule has 13 heteroatoms. The number of carbonyl (C=O) groups is 1. The summed E-state index contributed by atoms with van der Waals surface area (Å²) in [5.74, 6) is -1.20. The molecule has 3 rings (SSSR count). The van der Waals surface area contributed by atoms with E-state index in [0.717, 1.165) is 50.9 Å². The highest BCUT2D eigenvalue weighted by Crippen LogP contribution is 2.27. The number of nitrogens with zero attached hydrogens (tertiary/aromatic N) is 2. The summed E-state index contributed by atoms with van der Waals surface area (Å²) in [6, 6.07) is 13.1. The van der Waals surface area contributed by atoms with Gasteiger partial charge in [0.15, 0.2) is 19.0 Å². The lowest BCUT2D eigenvalue weighted by Gasteiger charge is -2.34. The third-order valence-corrected chi connectivity index (χ3v) is 5.38. The number of piperazine rings is 1. The lowest BCUT2D eigenvalue weighted by molar-refractivity contribution is -0.153. The van der Waals surface area contributed by atoms with E-state index in [9.17, 15) is 31.1 Å². The van der Waals surface area contributed by atoms with Crippen LogP contribution in [0.15, 0.2) is 48.5 Å². The van der Waals surface area contributed by atoms with Crippen LogP contribution in [-0.4, -0.2) is 73.9 Å². The molecule has 2 aromatic carbocycles. The van der Waals surface area contributed by atoms with Crippen molar-refractivity contribution in [1.82, 2.24) is 9.80 Å². The van der Waals surface area contributed by atoms with Gasteiger partial charge in [-0.15, -0.1) is 24.8 Å². The minimum atomic E-state index is -4.64. The Bertz CT molecular complexity index is 933. The summed E-state index contributed by atoms with van der Waals surface area (Å²) in [6.07, 6.45) is -9.23. The highest BCUT2D eigenvalue weighted by molar-refractivity contribution is 5.97. The molecule has 0 aromatic heterocycles. The summed E-state index contributed by atoms with van der Waals surface area (Å²) in [6.45, 7) is 1.10. The van der Waals surface area contributed by atoms with Crippen molar-refractivity contribution in [2.24, 2.45) is 0 Å². The maximum Gasteiger partial charge on any atom is 0.422 e. The molecule has 5 nitrogen and oxygen atoms in total. The largest absolute Gasteiger partial charge is 0.484 e. The maximum absolute atomic E-state index is 12.7. The molecule has 2 aromatic rings. The summed E-state index contributed by atoms with van der Waals surface area (Å²) in [5, 5.41) is 0. The molecule has 0 saturated carbocycles. The summed E-state index contributed by atoms with van der Waals surface area (Å²) >= 11 is 0. The Morgan fingerprint density at radius 2 is 1.24 bits per heavy atom.